The van der Waals surface area contributed by atoms with Crippen molar-refractivity contribution in [1.29, 1.82) is 0 Å². The summed E-state index contributed by atoms with van der Waals surface area (Å²) in [5, 5.41) is 0. The van der Waals surface area contributed by atoms with Gasteiger partial charge in [-0.05, 0) is 14.2 Å². The van der Waals surface area contributed by atoms with E-state index in [1.165, 1.54) is 0 Å². The zero-order valence-electron chi connectivity index (χ0n) is 3.44. The molecule has 0 aromatic heterocycles. The second kappa shape index (κ2) is 1.95. The number of hydrogen-bond donors (Lipinski definition) is 1. The summed E-state index contributed by atoms with van der Waals surface area (Å²) in [6.07, 6.45) is 0. The maximum absolute atomic E-state index is 4.45. The molecule has 5 heteroatoms. The van der Waals surface area contributed by atoms with Crippen molar-refractivity contribution in [3.63, 3.8) is 0 Å². The fourth-order valence-corrected chi connectivity index (χ4v) is 26.8. The Morgan fingerprint density at radius 2 is 2.00 bits per heavy atom. The Morgan fingerprint density at radius 1 is 1.43 bits per heavy atom. The van der Waals surface area contributed by atoms with Crippen molar-refractivity contribution in [2.75, 3.05) is 5.90 Å². The van der Waals surface area contributed by atoms with Crippen LogP contribution in [0.5, 0.6) is 0 Å². The van der Waals surface area contributed by atoms with Crippen molar-refractivity contribution in [2.24, 2.45) is 0 Å². The summed E-state index contributed by atoms with van der Waals surface area (Å²) in [7, 11) is 5.01. The van der Waals surface area contributed by atoms with Crippen molar-refractivity contribution in [1.82, 2.24) is 0 Å². The van der Waals surface area contributed by atoms with Crippen LogP contribution in [0.1, 0.15) is 0 Å². The van der Waals surface area contributed by atoms with E-state index in [1.807, 2.05) is 0 Å². The van der Waals surface area contributed by atoms with Gasteiger partial charge in [-0.25, -0.2) is 0 Å². The molecule has 3 aliphatic heterocycles. The molecule has 0 aromatic rings. The van der Waals surface area contributed by atoms with Crippen molar-refractivity contribution in [3.8, 4) is 0 Å². The highest BCUT2D eigenvalue weighted by molar-refractivity contribution is 9.21. The number of thiol groups is 1. The molecule has 2 unspecified atom stereocenters. The molecule has 3 fully saturated rings. The molecule has 3 aliphatic rings. The van der Waals surface area contributed by atoms with Crippen molar-refractivity contribution in [3.05, 3.63) is 0 Å². The smallest absolute Gasteiger partial charge is 0.0625 e. The summed E-state index contributed by atoms with van der Waals surface area (Å²) >= 11 is 4.45. The molecule has 0 saturated carbocycles. The molecule has 0 nitrogen and oxygen atoms in total. The highest BCUT2D eigenvalue weighted by Gasteiger charge is 2.46. The van der Waals surface area contributed by atoms with Gasteiger partial charge in [-0.2, -0.15) is 12.6 Å². The maximum Gasteiger partial charge on any atom is 0.0625 e. The van der Waals surface area contributed by atoms with E-state index in [1.54, 1.807) is 5.90 Å². The Balaban J connectivity index is 2.14. The van der Waals surface area contributed by atoms with Crippen LogP contribution >= 0.6 is 47.7 Å². The first-order chi connectivity index (χ1) is 3.38. The third-order valence-corrected chi connectivity index (χ3v) is 20.5. The Kier molecular flexibility index (Phi) is 1.58. The SMILES string of the molecule is SC1P2CP1SS2. The van der Waals surface area contributed by atoms with Gasteiger partial charge in [0.15, 0.2) is 0 Å². The molecule has 2 bridgehead atoms. The Labute approximate surface area is 58.4 Å². The summed E-state index contributed by atoms with van der Waals surface area (Å²) in [6, 6.07) is 0. The van der Waals surface area contributed by atoms with Crippen LogP contribution < -0.4 is 0 Å². The molecule has 0 N–H and O–H groups in total. The Bertz CT molecular complexity index is 82.9. The summed E-state index contributed by atoms with van der Waals surface area (Å²) in [4.78, 5) is 0. The van der Waals surface area contributed by atoms with Crippen molar-refractivity contribution >= 4 is 47.7 Å². The second-order valence-electron chi connectivity index (χ2n) is 1.47. The molecular formula is C2H4P2S3. The summed E-state index contributed by atoms with van der Waals surface area (Å²) in [5.74, 6) is 1.55. The van der Waals surface area contributed by atoms with Gasteiger partial charge in [0.2, 0.25) is 0 Å². The zero-order chi connectivity index (χ0) is 4.85. The van der Waals surface area contributed by atoms with Crippen LogP contribution in [0.2, 0.25) is 0 Å². The van der Waals surface area contributed by atoms with Crippen molar-refractivity contribution < 1.29 is 0 Å². The first-order valence-electron chi connectivity index (χ1n) is 1.94. The van der Waals surface area contributed by atoms with E-state index in [9.17, 15) is 0 Å². The molecule has 40 valence electrons. The molecule has 0 spiro atoms. The summed E-state index contributed by atoms with van der Waals surface area (Å²) < 4.78 is 0.861. The lowest BCUT2D eigenvalue weighted by Gasteiger charge is -2.27. The normalized spacial score (nSPS) is 57.0. The molecule has 0 radical (unpaired) electrons. The molecule has 0 aliphatic carbocycles. The van der Waals surface area contributed by atoms with Crippen molar-refractivity contribution in [2.45, 2.75) is 4.73 Å². The van der Waals surface area contributed by atoms with E-state index >= 15 is 0 Å². The molecular weight excluding hydrogens is 182 g/mol. The number of rotatable bonds is 0. The van der Waals surface area contributed by atoms with Crippen LogP contribution in [0.3, 0.4) is 0 Å². The van der Waals surface area contributed by atoms with Gasteiger partial charge in [0.1, 0.15) is 0 Å². The molecule has 3 heterocycles. The van der Waals surface area contributed by atoms with Crippen LogP contribution in [0, 0.1) is 0 Å². The van der Waals surface area contributed by atoms with Gasteiger partial charge in [0, 0.05) is 5.90 Å². The minimum Gasteiger partial charge on any atom is -0.165 e. The van der Waals surface area contributed by atoms with Gasteiger partial charge in [0.25, 0.3) is 0 Å². The third kappa shape index (κ3) is 0.773. The predicted octanol–water partition coefficient (Wildman–Crippen LogP) is 3.36. The van der Waals surface area contributed by atoms with E-state index in [0.29, 0.717) is 14.2 Å². The lowest BCUT2D eigenvalue weighted by atomic mass is 11.8. The van der Waals surface area contributed by atoms with Crippen LogP contribution in [0.4, 0.5) is 0 Å². The van der Waals surface area contributed by atoms with Gasteiger partial charge in [-0.15, -0.1) is 0 Å². The lowest BCUT2D eigenvalue weighted by Crippen LogP contribution is -1.98. The van der Waals surface area contributed by atoms with Gasteiger partial charge >= 0.3 is 0 Å². The minimum atomic E-state index is 0.390. The predicted molar refractivity (Wildman–Crippen MR) is 46.7 cm³/mol. The second-order valence-corrected chi connectivity index (χ2v) is 13.7. The first-order valence-corrected chi connectivity index (χ1v) is 9.01. The summed E-state index contributed by atoms with van der Waals surface area (Å²) in [6.45, 7) is 0. The molecule has 3 rings (SSSR count). The molecule has 3 saturated heterocycles. The van der Waals surface area contributed by atoms with E-state index in [4.69, 9.17) is 0 Å². The fraction of sp³-hybridized carbons (Fsp3) is 1.00. The first kappa shape index (κ1) is 5.68. The van der Waals surface area contributed by atoms with E-state index in [-0.39, 0.29) is 0 Å². The monoisotopic (exact) mass is 186 g/mol. The average molecular weight is 186 g/mol. The van der Waals surface area contributed by atoms with E-state index in [2.05, 4.69) is 33.5 Å². The lowest BCUT2D eigenvalue weighted by molar-refractivity contribution is 1.83. The van der Waals surface area contributed by atoms with Gasteiger partial charge in [-0.3, -0.25) is 0 Å². The number of fused-ring (bicyclic) bond motifs is 1. The standard InChI is InChI=1S/C2H4P2S3/c5-2-3-1-4(2)7-6-3/h2,5H,1H2. The molecule has 7 heavy (non-hydrogen) atoms. The van der Waals surface area contributed by atoms with Crippen LogP contribution in [-0.2, 0) is 0 Å². The largest absolute Gasteiger partial charge is 0.165 e. The van der Waals surface area contributed by atoms with Crippen LogP contribution in [0.15, 0.2) is 0 Å². The maximum atomic E-state index is 4.45. The van der Waals surface area contributed by atoms with Gasteiger partial charge in [0.05, 0.1) is 4.73 Å². The molecule has 0 aromatic carbocycles. The summed E-state index contributed by atoms with van der Waals surface area (Å²) in [5.41, 5.74) is 0. The minimum absolute atomic E-state index is 0.390. The highest BCUT2D eigenvalue weighted by Crippen LogP contribution is 2.98. The molecule has 2 atom stereocenters. The Morgan fingerprint density at radius 3 is 2.14 bits per heavy atom. The third-order valence-electron chi connectivity index (χ3n) is 1.02. The average Bonchev–Trinajstić information content (AvgIpc) is 2.18. The zero-order valence-corrected chi connectivity index (χ0v) is 7.76. The van der Waals surface area contributed by atoms with E-state index in [0.717, 1.165) is 4.73 Å². The van der Waals surface area contributed by atoms with Crippen LogP contribution in [-0.4, -0.2) is 10.6 Å². The highest BCUT2D eigenvalue weighted by atomic mass is 33.5. The number of hydrogen-bond acceptors (Lipinski definition) is 3. The fourth-order valence-electron chi connectivity index (χ4n) is 0.541. The molecule has 0 amide bonds. The Hall–Kier alpha value is 1.91. The van der Waals surface area contributed by atoms with E-state index < -0.39 is 0 Å². The van der Waals surface area contributed by atoms with Gasteiger partial charge in [-0.1, -0.05) is 20.8 Å². The topological polar surface area (TPSA) is 0 Å². The van der Waals surface area contributed by atoms with Gasteiger partial charge < -0.3 is 0 Å². The quantitative estimate of drug-likeness (QED) is 0.350. The van der Waals surface area contributed by atoms with Crippen LogP contribution in [0.25, 0.3) is 0 Å².